The highest BCUT2D eigenvalue weighted by Gasteiger charge is 2.06. The van der Waals surface area contributed by atoms with Gasteiger partial charge >= 0.3 is 0 Å². The summed E-state index contributed by atoms with van der Waals surface area (Å²) >= 11 is 0. The fraction of sp³-hybridized carbons (Fsp3) is 0.200. The number of hydrogen-bond acceptors (Lipinski definition) is 6. The molecule has 0 atom stereocenters. The topological polar surface area (TPSA) is 86.0 Å². The molecule has 0 radical (unpaired) electrons. The van der Waals surface area contributed by atoms with Crippen LogP contribution in [0.5, 0.6) is 11.5 Å². The Morgan fingerprint density at radius 1 is 1.23 bits per heavy atom. The second kappa shape index (κ2) is 6.21. The molecule has 3 rings (SSSR count). The first-order chi connectivity index (χ1) is 10.7. The van der Waals surface area contributed by atoms with Crippen LogP contribution in [0.15, 0.2) is 42.9 Å². The van der Waals surface area contributed by atoms with Gasteiger partial charge in [-0.15, -0.1) is 5.10 Å². The van der Waals surface area contributed by atoms with Crippen molar-refractivity contribution in [1.29, 1.82) is 0 Å². The number of nitrogens with zero attached hydrogens (tertiary/aromatic N) is 5. The van der Waals surface area contributed by atoms with E-state index < -0.39 is 0 Å². The standard InChI is InChI=1S/C15H15N5O2/c1-11-15(17-6-5-16-11)9-20-8-12(18-19-20)10-22-14-4-2-3-13(21)7-14/h2-8,21H,9-10H2,1H3. The molecule has 112 valence electrons. The van der Waals surface area contributed by atoms with Crippen molar-refractivity contribution in [3.63, 3.8) is 0 Å². The summed E-state index contributed by atoms with van der Waals surface area (Å²) < 4.78 is 7.25. The number of aryl methyl sites for hydroxylation is 1. The maximum absolute atomic E-state index is 9.38. The number of phenolic OH excluding ortho intramolecular Hbond substituents is 1. The second-order valence-corrected chi connectivity index (χ2v) is 4.78. The molecule has 0 fully saturated rings. The first-order valence-corrected chi connectivity index (χ1v) is 6.78. The molecular weight excluding hydrogens is 282 g/mol. The smallest absolute Gasteiger partial charge is 0.134 e. The first kappa shape index (κ1) is 14.0. The van der Waals surface area contributed by atoms with Crippen LogP contribution in [0.3, 0.4) is 0 Å². The monoisotopic (exact) mass is 297 g/mol. The predicted octanol–water partition coefficient (Wildman–Crippen LogP) is 1.71. The van der Waals surface area contributed by atoms with E-state index in [0.29, 0.717) is 18.0 Å². The van der Waals surface area contributed by atoms with Crippen molar-refractivity contribution in [2.24, 2.45) is 0 Å². The third-order valence-corrected chi connectivity index (χ3v) is 3.09. The summed E-state index contributed by atoms with van der Waals surface area (Å²) in [6.45, 7) is 2.70. The molecule has 1 N–H and O–H groups in total. The number of benzene rings is 1. The van der Waals surface area contributed by atoms with Crippen LogP contribution in [-0.2, 0) is 13.2 Å². The molecule has 0 aliphatic carbocycles. The summed E-state index contributed by atoms with van der Waals surface area (Å²) in [4.78, 5) is 8.47. The molecular formula is C15H15N5O2. The van der Waals surface area contributed by atoms with Crippen molar-refractivity contribution in [3.8, 4) is 11.5 Å². The van der Waals surface area contributed by atoms with Crippen LogP contribution >= 0.6 is 0 Å². The molecule has 2 aromatic heterocycles. The molecule has 0 aliphatic rings. The van der Waals surface area contributed by atoms with E-state index in [1.165, 1.54) is 0 Å². The van der Waals surface area contributed by atoms with Crippen molar-refractivity contribution >= 4 is 0 Å². The fourth-order valence-electron chi connectivity index (χ4n) is 1.96. The normalized spacial score (nSPS) is 10.6. The molecule has 7 nitrogen and oxygen atoms in total. The van der Waals surface area contributed by atoms with Crippen molar-refractivity contribution in [2.75, 3.05) is 0 Å². The lowest BCUT2D eigenvalue weighted by atomic mass is 10.3. The Labute approximate surface area is 127 Å². The number of phenols is 1. The molecule has 0 saturated carbocycles. The molecule has 0 spiro atoms. The molecule has 0 amide bonds. The second-order valence-electron chi connectivity index (χ2n) is 4.78. The van der Waals surface area contributed by atoms with Crippen LogP contribution in [0.4, 0.5) is 0 Å². The molecule has 0 saturated heterocycles. The van der Waals surface area contributed by atoms with Crippen LogP contribution in [0.25, 0.3) is 0 Å². The molecule has 0 bridgehead atoms. The Morgan fingerprint density at radius 2 is 2.09 bits per heavy atom. The van der Waals surface area contributed by atoms with Crippen LogP contribution in [0.2, 0.25) is 0 Å². The van der Waals surface area contributed by atoms with Gasteiger partial charge in [-0.25, -0.2) is 4.68 Å². The zero-order valence-corrected chi connectivity index (χ0v) is 12.0. The number of aromatic nitrogens is 5. The van der Waals surface area contributed by atoms with E-state index in [1.807, 2.05) is 6.92 Å². The summed E-state index contributed by atoms with van der Waals surface area (Å²) in [6.07, 6.45) is 5.12. The molecule has 1 aromatic carbocycles. The maximum Gasteiger partial charge on any atom is 0.134 e. The number of rotatable bonds is 5. The molecule has 2 heterocycles. The van der Waals surface area contributed by atoms with E-state index in [9.17, 15) is 5.11 Å². The maximum atomic E-state index is 9.38. The number of hydrogen-bond donors (Lipinski definition) is 1. The minimum absolute atomic E-state index is 0.166. The van der Waals surface area contributed by atoms with E-state index in [1.54, 1.807) is 47.5 Å². The van der Waals surface area contributed by atoms with Crippen LogP contribution in [0, 0.1) is 6.92 Å². The largest absolute Gasteiger partial charge is 0.508 e. The van der Waals surface area contributed by atoms with Crippen molar-refractivity contribution < 1.29 is 9.84 Å². The van der Waals surface area contributed by atoms with Gasteiger partial charge in [0.15, 0.2) is 0 Å². The first-order valence-electron chi connectivity index (χ1n) is 6.78. The van der Waals surface area contributed by atoms with Crippen LogP contribution in [-0.4, -0.2) is 30.1 Å². The molecule has 22 heavy (non-hydrogen) atoms. The van der Waals surface area contributed by atoms with E-state index >= 15 is 0 Å². The quantitative estimate of drug-likeness (QED) is 0.771. The highest BCUT2D eigenvalue weighted by atomic mass is 16.5. The zero-order valence-electron chi connectivity index (χ0n) is 12.0. The van der Waals surface area contributed by atoms with Crippen molar-refractivity contribution in [3.05, 3.63) is 59.9 Å². The third-order valence-electron chi connectivity index (χ3n) is 3.09. The SMILES string of the molecule is Cc1nccnc1Cn1cc(COc2cccc(O)c2)nn1. The lowest BCUT2D eigenvalue weighted by Gasteiger charge is -2.04. The average Bonchev–Trinajstić information content (AvgIpc) is 2.95. The van der Waals surface area contributed by atoms with Crippen LogP contribution < -0.4 is 4.74 Å². The fourth-order valence-corrected chi connectivity index (χ4v) is 1.96. The number of ether oxygens (including phenoxy) is 1. The molecule has 0 aliphatic heterocycles. The van der Waals surface area contributed by atoms with Gasteiger partial charge in [-0.05, 0) is 19.1 Å². The van der Waals surface area contributed by atoms with Gasteiger partial charge in [-0.1, -0.05) is 11.3 Å². The Hall–Kier alpha value is -2.96. The summed E-state index contributed by atoms with van der Waals surface area (Å²) in [5, 5.41) is 17.5. The summed E-state index contributed by atoms with van der Waals surface area (Å²) in [5.41, 5.74) is 2.42. The van der Waals surface area contributed by atoms with Gasteiger partial charge in [0.2, 0.25) is 0 Å². The zero-order chi connectivity index (χ0) is 15.4. The molecule has 7 heteroatoms. The van der Waals surface area contributed by atoms with Crippen LogP contribution in [0.1, 0.15) is 17.1 Å². The summed E-state index contributed by atoms with van der Waals surface area (Å²) in [7, 11) is 0. The van der Waals surface area contributed by atoms with E-state index in [4.69, 9.17) is 4.74 Å². The molecule has 0 unspecified atom stereocenters. The predicted molar refractivity (Wildman–Crippen MR) is 78.3 cm³/mol. The lowest BCUT2D eigenvalue weighted by Crippen LogP contribution is -2.05. The van der Waals surface area contributed by atoms with Gasteiger partial charge in [0.1, 0.15) is 23.8 Å². The lowest BCUT2D eigenvalue weighted by molar-refractivity contribution is 0.299. The van der Waals surface area contributed by atoms with Gasteiger partial charge in [-0.2, -0.15) is 0 Å². The van der Waals surface area contributed by atoms with E-state index in [2.05, 4.69) is 20.3 Å². The minimum Gasteiger partial charge on any atom is -0.508 e. The van der Waals surface area contributed by atoms with Gasteiger partial charge in [0, 0.05) is 18.5 Å². The molecule has 3 aromatic rings. The highest BCUT2D eigenvalue weighted by molar-refractivity contribution is 5.31. The summed E-state index contributed by atoms with van der Waals surface area (Å²) in [5.74, 6) is 0.749. The number of aromatic hydroxyl groups is 1. The van der Waals surface area contributed by atoms with Crippen molar-refractivity contribution in [2.45, 2.75) is 20.1 Å². The summed E-state index contributed by atoms with van der Waals surface area (Å²) in [6, 6.07) is 6.63. The van der Waals surface area contributed by atoms with Gasteiger partial charge in [0.05, 0.1) is 24.1 Å². The average molecular weight is 297 g/mol. The highest BCUT2D eigenvalue weighted by Crippen LogP contribution is 2.18. The van der Waals surface area contributed by atoms with Gasteiger partial charge in [0.25, 0.3) is 0 Å². The van der Waals surface area contributed by atoms with E-state index in [0.717, 1.165) is 11.4 Å². The van der Waals surface area contributed by atoms with Gasteiger partial charge < -0.3 is 9.84 Å². The minimum atomic E-state index is 0.166. The third kappa shape index (κ3) is 3.38. The van der Waals surface area contributed by atoms with E-state index in [-0.39, 0.29) is 12.4 Å². The van der Waals surface area contributed by atoms with Gasteiger partial charge in [-0.3, -0.25) is 9.97 Å². The Morgan fingerprint density at radius 3 is 2.91 bits per heavy atom. The Bertz CT molecular complexity index is 772. The Kier molecular flexibility index (Phi) is 3.95. The Balaban J connectivity index is 1.63. The van der Waals surface area contributed by atoms with Crippen molar-refractivity contribution in [1.82, 2.24) is 25.0 Å².